The third-order valence-corrected chi connectivity index (χ3v) is 11.4. The molecule has 0 radical (unpaired) electrons. The average Bonchev–Trinajstić information content (AvgIpc) is 3.18. The van der Waals surface area contributed by atoms with E-state index in [0.29, 0.717) is 11.8 Å². The van der Waals surface area contributed by atoms with Crippen LogP contribution in [-0.4, -0.2) is 12.3 Å². The van der Waals surface area contributed by atoms with Crippen LogP contribution in [0, 0.1) is 23.2 Å². The molecule has 0 saturated carbocycles. The van der Waals surface area contributed by atoms with Crippen LogP contribution in [0.3, 0.4) is 0 Å². The summed E-state index contributed by atoms with van der Waals surface area (Å²) in [5, 5.41) is 3.69. The van der Waals surface area contributed by atoms with Gasteiger partial charge in [0, 0.05) is 52.5 Å². The first-order valence-electron chi connectivity index (χ1n) is 19.2. The van der Waals surface area contributed by atoms with Crippen molar-refractivity contribution in [2.75, 3.05) is 6.54 Å². The lowest BCUT2D eigenvalue weighted by Gasteiger charge is -2.33. The number of nitrogens with two attached hydrogens (primary N) is 1. The van der Waals surface area contributed by atoms with E-state index in [1.165, 1.54) is 39.3 Å². The Balaban J connectivity index is 1.07. The van der Waals surface area contributed by atoms with Crippen molar-refractivity contribution in [1.29, 1.82) is 0 Å². The van der Waals surface area contributed by atoms with E-state index in [0.717, 1.165) is 95.0 Å². The summed E-state index contributed by atoms with van der Waals surface area (Å²) < 4.78 is 0. The van der Waals surface area contributed by atoms with E-state index >= 15 is 0 Å². The Hall–Kier alpha value is -4.37. The summed E-state index contributed by atoms with van der Waals surface area (Å²) in [4.78, 5) is 5.41. The van der Waals surface area contributed by atoms with Gasteiger partial charge < -0.3 is 11.1 Å². The zero-order chi connectivity index (χ0) is 34.2. The van der Waals surface area contributed by atoms with Gasteiger partial charge in [-0.05, 0) is 123 Å². The van der Waals surface area contributed by atoms with Crippen LogP contribution in [0.15, 0.2) is 171 Å². The predicted octanol–water partition coefficient (Wildman–Crippen LogP) is 11.2. The molecule has 3 heteroatoms. The molecule has 0 fully saturated rings. The highest BCUT2D eigenvalue weighted by Crippen LogP contribution is 2.39. The maximum absolute atomic E-state index is 6.90. The van der Waals surface area contributed by atoms with Gasteiger partial charge in [-0.3, -0.25) is 4.99 Å². The van der Waals surface area contributed by atoms with Gasteiger partial charge in [-0.15, -0.1) is 0 Å². The summed E-state index contributed by atoms with van der Waals surface area (Å²) >= 11 is 0. The predicted molar refractivity (Wildman–Crippen MR) is 213 cm³/mol. The van der Waals surface area contributed by atoms with Gasteiger partial charge in [-0.2, -0.15) is 0 Å². The second kappa shape index (κ2) is 16.1. The van der Waals surface area contributed by atoms with Crippen molar-refractivity contribution in [1.82, 2.24) is 5.32 Å². The van der Waals surface area contributed by atoms with Crippen molar-refractivity contribution in [3.05, 3.63) is 166 Å². The van der Waals surface area contributed by atoms with Crippen LogP contribution in [0.2, 0.25) is 0 Å². The van der Waals surface area contributed by atoms with Crippen LogP contribution < -0.4 is 11.1 Å². The zero-order valence-electron chi connectivity index (χ0n) is 30.0. The van der Waals surface area contributed by atoms with Gasteiger partial charge in [0.1, 0.15) is 0 Å². The van der Waals surface area contributed by atoms with Gasteiger partial charge in [-0.25, -0.2) is 0 Å². The molecule has 0 bridgehead atoms. The third-order valence-electron chi connectivity index (χ3n) is 11.4. The largest absolute Gasteiger partial charge is 0.398 e. The van der Waals surface area contributed by atoms with E-state index in [1.54, 1.807) is 0 Å². The lowest BCUT2D eigenvalue weighted by Crippen LogP contribution is -2.25. The van der Waals surface area contributed by atoms with Crippen molar-refractivity contribution in [3.63, 3.8) is 0 Å². The SMILES string of the molecule is CC1(CN=C(C=C(N)C2=CC=C(C3=CC=CCC3)CC2)[C@H]2C=CC([C@H]3C=CC=CC3)=CC2)C=CC(C2=CCCC(NC3=CCCC=C3)=C2)CC1. The van der Waals surface area contributed by atoms with E-state index in [-0.39, 0.29) is 11.3 Å². The molecule has 3 N–H and O–H groups in total. The van der Waals surface area contributed by atoms with Crippen LogP contribution in [-0.2, 0) is 0 Å². The molecule has 0 aromatic heterocycles. The summed E-state index contributed by atoms with van der Waals surface area (Å²) in [7, 11) is 0. The van der Waals surface area contributed by atoms with Gasteiger partial charge in [0.15, 0.2) is 0 Å². The minimum absolute atomic E-state index is 0.0323. The molecule has 50 heavy (non-hydrogen) atoms. The number of nitrogens with one attached hydrogen (secondary N) is 1. The van der Waals surface area contributed by atoms with E-state index < -0.39 is 0 Å². The first kappa shape index (κ1) is 34.1. The standard InChI is InChI=1S/C47H55N3/c1-47(30-28-39(29-31-47)42-16-11-19-44(32-42)50-43-17-9-4-10-18-43)34-49-46(41-26-22-38(23-27-41)36-14-7-3-8-15-36)33-45(48)40-24-20-37(21-25-40)35-12-5-2-6-13-35/h2-3,5,7-9,12,14,16-18,20,22-24,26,28,30,32-33,36,39,41,50H,4,6,10-11,13,15,19,21,25,27,29,31,34,48H2,1H3/t36-,39?,41-,47?/m0/s1. The molecule has 2 unspecified atom stereocenters. The summed E-state index contributed by atoms with van der Waals surface area (Å²) in [6, 6.07) is 0. The number of rotatable bonds is 10. The second-order valence-corrected chi connectivity index (χ2v) is 15.3. The first-order chi connectivity index (χ1) is 24.5. The summed E-state index contributed by atoms with van der Waals surface area (Å²) in [6.45, 7) is 3.16. The summed E-state index contributed by atoms with van der Waals surface area (Å²) in [6.07, 6.45) is 59.3. The summed E-state index contributed by atoms with van der Waals surface area (Å²) in [5.41, 5.74) is 18.5. The van der Waals surface area contributed by atoms with Crippen LogP contribution >= 0.6 is 0 Å². The average molecular weight is 662 g/mol. The van der Waals surface area contributed by atoms with Crippen LogP contribution in [0.5, 0.6) is 0 Å². The van der Waals surface area contributed by atoms with Crippen molar-refractivity contribution in [3.8, 4) is 0 Å². The molecule has 0 heterocycles. The molecule has 0 saturated heterocycles. The van der Waals surface area contributed by atoms with Crippen molar-refractivity contribution < 1.29 is 0 Å². The highest BCUT2D eigenvalue weighted by atomic mass is 14.9. The highest BCUT2D eigenvalue weighted by Gasteiger charge is 2.29. The van der Waals surface area contributed by atoms with E-state index in [2.05, 4.69) is 134 Å². The molecule has 4 atom stereocenters. The van der Waals surface area contributed by atoms with Crippen molar-refractivity contribution >= 4 is 5.71 Å². The fourth-order valence-electron chi connectivity index (χ4n) is 8.17. The topological polar surface area (TPSA) is 50.4 Å². The Bertz CT molecular complexity index is 1780. The molecule has 3 nitrogen and oxygen atoms in total. The van der Waals surface area contributed by atoms with Gasteiger partial charge in [-0.1, -0.05) is 110 Å². The molecule has 7 rings (SSSR count). The molecular weight excluding hydrogens is 607 g/mol. The molecule has 0 amide bonds. The van der Waals surface area contributed by atoms with Crippen LogP contribution in [0.25, 0.3) is 0 Å². The number of aliphatic imine (C=N–C) groups is 1. The fourth-order valence-corrected chi connectivity index (χ4v) is 8.17. The van der Waals surface area contributed by atoms with Crippen molar-refractivity contribution in [2.24, 2.45) is 33.9 Å². The molecule has 7 aliphatic rings. The Kier molecular flexibility index (Phi) is 11.0. The van der Waals surface area contributed by atoms with Gasteiger partial charge in [0.2, 0.25) is 0 Å². The molecule has 258 valence electrons. The van der Waals surface area contributed by atoms with E-state index in [9.17, 15) is 0 Å². The van der Waals surface area contributed by atoms with Gasteiger partial charge in [0.25, 0.3) is 0 Å². The Labute approximate surface area is 301 Å². The normalized spacial score (nSPS) is 29.8. The molecule has 7 aliphatic carbocycles. The van der Waals surface area contributed by atoms with Crippen LogP contribution in [0.1, 0.15) is 84.0 Å². The Morgan fingerprint density at radius 1 is 0.820 bits per heavy atom. The zero-order valence-corrected chi connectivity index (χ0v) is 30.0. The van der Waals surface area contributed by atoms with Crippen LogP contribution in [0.4, 0.5) is 0 Å². The monoisotopic (exact) mass is 661 g/mol. The minimum atomic E-state index is 0.0323. The Morgan fingerprint density at radius 2 is 1.76 bits per heavy atom. The van der Waals surface area contributed by atoms with E-state index in [4.69, 9.17) is 10.7 Å². The lowest BCUT2D eigenvalue weighted by atomic mass is 9.74. The second-order valence-electron chi connectivity index (χ2n) is 15.3. The molecular formula is C47H55N3. The minimum Gasteiger partial charge on any atom is -0.398 e. The number of hydrogen-bond donors (Lipinski definition) is 2. The lowest BCUT2D eigenvalue weighted by molar-refractivity contribution is 0.353. The Morgan fingerprint density at radius 3 is 2.48 bits per heavy atom. The molecule has 0 aromatic carbocycles. The van der Waals surface area contributed by atoms with Gasteiger partial charge in [0.05, 0.1) is 0 Å². The smallest absolute Gasteiger partial charge is 0.0481 e. The third kappa shape index (κ3) is 8.67. The fraction of sp³-hybridized carbons (Fsp3) is 0.383. The first-order valence-corrected chi connectivity index (χ1v) is 19.2. The number of nitrogens with zero attached hydrogens (tertiary/aromatic N) is 1. The molecule has 0 aromatic rings. The molecule has 0 spiro atoms. The highest BCUT2D eigenvalue weighted by molar-refractivity contribution is 5.99. The van der Waals surface area contributed by atoms with Gasteiger partial charge >= 0.3 is 0 Å². The number of hydrogen-bond acceptors (Lipinski definition) is 3. The molecule has 0 aliphatic heterocycles. The maximum atomic E-state index is 6.90. The van der Waals surface area contributed by atoms with Crippen molar-refractivity contribution in [2.45, 2.75) is 84.0 Å². The number of allylic oxidation sites excluding steroid dienone is 25. The van der Waals surface area contributed by atoms with E-state index in [1.807, 2.05) is 0 Å². The quantitative estimate of drug-likeness (QED) is 0.181. The summed E-state index contributed by atoms with van der Waals surface area (Å²) in [5.74, 6) is 1.18. The maximum Gasteiger partial charge on any atom is 0.0481 e.